The van der Waals surface area contributed by atoms with Crippen LogP contribution in [0.3, 0.4) is 0 Å². The number of hydrogen-bond acceptors (Lipinski definition) is 5. The van der Waals surface area contributed by atoms with Crippen LogP contribution in [-0.4, -0.2) is 32.3 Å². The van der Waals surface area contributed by atoms with Gasteiger partial charge in [-0.1, -0.05) is 6.07 Å². The Balaban J connectivity index is 1.69. The van der Waals surface area contributed by atoms with Crippen molar-refractivity contribution in [1.82, 2.24) is 30.4 Å². The zero-order valence-corrected chi connectivity index (χ0v) is 14.8. The third-order valence-corrected chi connectivity index (χ3v) is 3.80. The molecule has 3 rings (SSSR count). The molecule has 1 aliphatic rings. The smallest absolute Gasteiger partial charge is 0.199 e. The normalized spacial score (nSPS) is 16.9. The van der Waals surface area contributed by atoms with Crippen LogP contribution >= 0.6 is 15.9 Å². The van der Waals surface area contributed by atoms with E-state index in [0.29, 0.717) is 34.1 Å². The number of nitrogens with zero attached hydrogens (tertiary/aromatic N) is 6. The molecule has 25 heavy (non-hydrogen) atoms. The first-order valence-corrected chi connectivity index (χ1v) is 8.40. The first-order valence-electron chi connectivity index (χ1n) is 7.60. The van der Waals surface area contributed by atoms with Crippen molar-refractivity contribution in [2.45, 2.75) is 13.0 Å². The Labute approximate surface area is 153 Å². The summed E-state index contributed by atoms with van der Waals surface area (Å²) in [5.41, 5.74) is 1.70. The first-order chi connectivity index (χ1) is 12.3. The highest BCUT2D eigenvalue weighted by atomic mass is 79.9. The monoisotopic (exact) mass is 398 g/mol. The van der Waals surface area contributed by atoms with Crippen LogP contribution in [0, 0.1) is 11.3 Å². The summed E-state index contributed by atoms with van der Waals surface area (Å²) in [6, 6.07) is 7.66. The van der Waals surface area contributed by atoms with Gasteiger partial charge in [-0.25, -0.2) is 9.97 Å². The molecule has 2 aromatic heterocycles. The van der Waals surface area contributed by atoms with Crippen LogP contribution in [0.1, 0.15) is 12.1 Å². The molecule has 8 nitrogen and oxygen atoms in total. The van der Waals surface area contributed by atoms with Gasteiger partial charge in [0.1, 0.15) is 28.9 Å². The lowest BCUT2D eigenvalue weighted by molar-refractivity contribution is 0.583. The summed E-state index contributed by atoms with van der Waals surface area (Å²) >= 11 is 3.32. The van der Waals surface area contributed by atoms with Gasteiger partial charge in [-0.3, -0.25) is 9.67 Å². The van der Waals surface area contributed by atoms with Crippen molar-refractivity contribution in [2.75, 3.05) is 6.54 Å². The van der Waals surface area contributed by atoms with Crippen molar-refractivity contribution in [3.8, 4) is 6.07 Å². The molecule has 0 fully saturated rings. The molecule has 0 saturated carbocycles. The van der Waals surface area contributed by atoms with E-state index in [9.17, 15) is 5.26 Å². The van der Waals surface area contributed by atoms with Gasteiger partial charge in [-0.15, -0.1) is 0 Å². The fourth-order valence-electron chi connectivity index (χ4n) is 2.21. The van der Waals surface area contributed by atoms with Crippen LogP contribution < -0.4 is 10.6 Å². The third-order valence-electron chi connectivity index (χ3n) is 3.36. The van der Waals surface area contributed by atoms with Crippen molar-refractivity contribution in [2.24, 2.45) is 4.99 Å². The Hall–Kier alpha value is -2.99. The van der Waals surface area contributed by atoms with Gasteiger partial charge in [0.05, 0.1) is 11.4 Å². The highest BCUT2D eigenvalue weighted by molar-refractivity contribution is 9.10. The number of hydrogen-bond donors (Lipinski definition) is 2. The van der Waals surface area contributed by atoms with Gasteiger partial charge in [0.2, 0.25) is 0 Å². The van der Waals surface area contributed by atoms with Crippen molar-refractivity contribution < 1.29 is 0 Å². The Morgan fingerprint density at radius 2 is 2.32 bits per heavy atom. The molecule has 0 spiro atoms. The minimum atomic E-state index is 0.453. The molecule has 0 amide bonds. The Morgan fingerprint density at radius 3 is 3.08 bits per heavy atom. The van der Waals surface area contributed by atoms with Gasteiger partial charge >= 0.3 is 0 Å². The zero-order valence-electron chi connectivity index (χ0n) is 13.2. The molecule has 0 saturated heterocycles. The predicted octanol–water partition coefficient (Wildman–Crippen LogP) is 1.82. The summed E-state index contributed by atoms with van der Waals surface area (Å²) in [6.45, 7) is 1.37. The van der Waals surface area contributed by atoms with E-state index >= 15 is 0 Å². The molecule has 2 N–H and O–H groups in total. The number of guanidine groups is 1. The number of pyridine rings is 1. The molecular formula is C16H15BrN8. The van der Waals surface area contributed by atoms with E-state index in [2.05, 4.69) is 52.7 Å². The van der Waals surface area contributed by atoms with Gasteiger partial charge in [-0.2, -0.15) is 10.4 Å². The highest BCUT2D eigenvalue weighted by Gasteiger charge is 2.13. The summed E-state index contributed by atoms with van der Waals surface area (Å²) in [5, 5.41) is 19.7. The van der Waals surface area contributed by atoms with Crippen LogP contribution in [0.2, 0.25) is 0 Å². The molecule has 2 aromatic rings. The minimum absolute atomic E-state index is 0.453. The van der Waals surface area contributed by atoms with Crippen molar-refractivity contribution in [1.29, 1.82) is 5.26 Å². The highest BCUT2D eigenvalue weighted by Crippen LogP contribution is 2.18. The summed E-state index contributed by atoms with van der Waals surface area (Å²) in [7, 11) is 0. The van der Waals surface area contributed by atoms with E-state index in [1.807, 2.05) is 12.1 Å². The van der Waals surface area contributed by atoms with Gasteiger partial charge in [0.15, 0.2) is 5.96 Å². The standard InChI is InChI=1S/C16H15BrN8/c17-15-4-1-3-13(23-15)12(9-18)14-5-7-21-16(24-14)20-6-2-8-25-11-19-10-22-25/h1,3-5,7,10-11H,2,6,8H2,(H2,20,21,24)/b14-12-. The zero-order chi connectivity index (χ0) is 17.5. The molecule has 0 radical (unpaired) electrons. The van der Waals surface area contributed by atoms with Gasteiger partial charge in [-0.05, 0) is 40.6 Å². The van der Waals surface area contributed by atoms with Gasteiger partial charge in [0, 0.05) is 19.3 Å². The SMILES string of the molecule is N#C/C(=C1\C=CNC(=NCCCn2cncn2)N1)c1cccc(Br)n1. The number of allylic oxidation sites excluding steroid dienone is 2. The lowest BCUT2D eigenvalue weighted by Gasteiger charge is -2.17. The topological polar surface area (TPSA) is 104 Å². The molecular weight excluding hydrogens is 384 g/mol. The van der Waals surface area contributed by atoms with Crippen LogP contribution in [0.15, 0.2) is 58.4 Å². The quantitative estimate of drug-likeness (QED) is 0.452. The number of aromatic nitrogens is 4. The summed E-state index contributed by atoms with van der Waals surface area (Å²) in [4.78, 5) is 12.7. The Bertz CT molecular complexity index is 861. The third kappa shape index (κ3) is 4.51. The lowest BCUT2D eigenvalue weighted by atomic mass is 10.1. The minimum Gasteiger partial charge on any atom is -0.333 e. The van der Waals surface area contributed by atoms with Crippen molar-refractivity contribution >= 4 is 27.5 Å². The fourth-order valence-corrected chi connectivity index (χ4v) is 2.56. The molecule has 1 aliphatic heterocycles. The molecule has 0 aromatic carbocycles. The number of rotatable bonds is 5. The molecule has 126 valence electrons. The summed E-state index contributed by atoms with van der Waals surface area (Å²) in [6.07, 6.45) is 7.56. The average molecular weight is 399 g/mol. The van der Waals surface area contributed by atoms with Crippen LogP contribution in [0.4, 0.5) is 0 Å². The summed E-state index contributed by atoms with van der Waals surface area (Å²) < 4.78 is 2.44. The number of aryl methyl sites for hydroxylation is 1. The van der Waals surface area contributed by atoms with E-state index in [-0.39, 0.29) is 0 Å². The van der Waals surface area contributed by atoms with Gasteiger partial charge < -0.3 is 10.6 Å². The predicted molar refractivity (Wildman–Crippen MR) is 96.8 cm³/mol. The first kappa shape index (κ1) is 16.9. The van der Waals surface area contributed by atoms with Crippen LogP contribution in [0.5, 0.6) is 0 Å². The van der Waals surface area contributed by atoms with E-state index < -0.39 is 0 Å². The molecule has 0 atom stereocenters. The van der Waals surface area contributed by atoms with Gasteiger partial charge in [0.25, 0.3) is 0 Å². The largest absolute Gasteiger partial charge is 0.333 e. The van der Waals surface area contributed by atoms with E-state index in [1.165, 1.54) is 6.33 Å². The molecule has 0 aliphatic carbocycles. The lowest BCUT2D eigenvalue weighted by Crippen LogP contribution is -2.37. The summed E-state index contributed by atoms with van der Waals surface area (Å²) in [5.74, 6) is 0.596. The number of aliphatic imine (C=N–C) groups is 1. The molecule has 9 heteroatoms. The second-order valence-corrected chi connectivity index (χ2v) is 5.90. The van der Waals surface area contributed by atoms with Crippen LogP contribution in [-0.2, 0) is 6.54 Å². The van der Waals surface area contributed by atoms with E-state index in [0.717, 1.165) is 13.0 Å². The number of nitrogens with one attached hydrogen (secondary N) is 2. The average Bonchev–Trinajstić information content (AvgIpc) is 3.13. The molecule has 0 unspecified atom stereocenters. The number of nitriles is 1. The Morgan fingerprint density at radius 1 is 1.40 bits per heavy atom. The second-order valence-electron chi connectivity index (χ2n) is 5.09. The Kier molecular flexibility index (Phi) is 5.53. The maximum absolute atomic E-state index is 9.52. The van der Waals surface area contributed by atoms with E-state index in [1.54, 1.807) is 29.4 Å². The second kappa shape index (κ2) is 8.21. The number of halogens is 1. The maximum Gasteiger partial charge on any atom is 0.199 e. The van der Waals surface area contributed by atoms with Crippen molar-refractivity contribution in [3.63, 3.8) is 0 Å². The van der Waals surface area contributed by atoms with Crippen LogP contribution in [0.25, 0.3) is 5.57 Å². The molecule has 0 bridgehead atoms. The van der Waals surface area contributed by atoms with E-state index in [4.69, 9.17) is 0 Å². The molecule has 3 heterocycles. The fraction of sp³-hybridized carbons (Fsp3) is 0.188. The van der Waals surface area contributed by atoms with Crippen molar-refractivity contribution in [3.05, 3.63) is 59.1 Å². The maximum atomic E-state index is 9.52.